The summed E-state index contributed by atoms with van der Waals surface area (Å²) in [5.74, 6) is -0.277. The van der Waals surface area contributed by atoms with E-state index < -0.39 is 0 Å². The number of aryl methyl sites for hydroxylation is 1. The number of aromatic nitrogens is 1. The largest absolute Gasteiger partial charge is 0.512 e. The molecule has 0 spiro atoms. The zero-order valence-electron chi connectivity index (χ0n) is 20.7. The van der Waals surface area contributed by atoms with Gasteiger partial charge in [0.05, 0.1) is 5.76 Å². The number of halogens is 1. The second kappa shape index (κ2) is 11.8. The molecule has 0 unspecified atom stereocenters. The summed E-state index contributed by atoms with van der Waals surface area (Å²) in [5.41, 5.74) is 5.47. The monoisotopic (exact) mass is 667 g/mol. The summed E-state index contributed by atoms with van der Waals surface area (Å²) in [6.45, 7) is 11.6. The number of nitrogens with zero attached hydrogens (tertiary/aromatic N) is 1. The van der Waals surface area contributed by atoms with Gasteiger partial charge in [0.15, 0.2) is 5.78 Å². The summed E-state index contributed by atoms with van der Waals surface area (Å²) in [6.07, 6.45) is 3.08. The Kier molecular flexibility index (Phi) is 9.67. The fraction of sp³-hybridized carbons (Fsp3) is 0.241. The number of benzene rings is 2. The quantitative estimate of drug-likeness (QED) is 0.136. The standard InChI is InChI=1S/C24H21FNS.C5H8O2.Ir/c1-15-9-17(11-19(10-15)24(2,3)4)21-13-23-18(14-26-21)12-22(27-23)16-5-7-20(25)8-6-16;1-4(6)3-5(2)7;/h5-8,10-14H,1-4H3;3,6H,1-2H3;/q-1;;/b;4-3-;. The van der Waals surface area contributed by atoms with Crippen LogP contribution in [0.1, 0.15) is 45.7 Å². The van der Waals surface area contributed by atoms with Crippen molar-refractivity contribution >= 4 is 27.2 Å². The third kappa shape index (κ3) is 7.93. The first kappa shape index (κ1) is 28.6. The van der Waals surface area contributed by atoms with Crippen molar-refractivity contribution in [2.75, 3.05) is 0 Å². The van der Waals surface area contributed by atoms with Crippen molar-refractivity contribution in [1.82, 2.24) is 4.98 Å². The van der Waals surface area contributed by atoms with Gasteiger partial charge in [-0.1, -0.05) is 45.9 Å². The maximum absolute atomic E-state index is 13.2. The van der Waals surface area contributed by atoms with Crippen LogP contribution in [0.2, 0.25) is 0 Å². The SMILES string of the molecule is CC(=O)/C=C(/C)O.Cc1[c-]c(-c2cc3sc(-c4ccc(F)cc4)cc3cn2)cc(C(C)(C)C)c1.[Ir]. The second-order valence-electron chi connectivity index (χ2n) is 9.34. The second-order valence-corrected chi connectivity index (χ2v) is 10.4. The first-order valence-electron chi connectivity index (χ1n) is 11.0. The summed E-state index contributed by atoms with van der Waals surface area (Å²) in [6, 6.07) is 18.7. The van der Waals surface area contributed by atoms with Gasteiger partial charge in [-0.25, -0.2) is 4.39 Å². The van der Waals surface area contributed by atoms with Crippen molar-refractivity contribution < 1.29 is 34.4 Å². The molecule has 0 saturated carbocycles. The van der Waals surface area contributed by atoms with Gasteiger partial charge in [0.25, 0.3) is 0 Å². The van der Waals surface area contributed by atoms with Crippen LogP contribution in [0, 0.1) is 18.8 Å². The van der Waals surface area contributed by atoms with E-state index in [1.807, 2.05) is 18.3 Å². The van der Waals surface area contributed by atoms with Crippen LogP contribution in [0.15, 0.2) is 66.6 Å². The molecule has 2 aromatic heterocycles. The normalized spacial score (nSPS) is 11.5. The third-order valence-electron chi connectivity index (χ3n) is 5.09. The molecule has 0 aliphatic heterocycles. The molecule has 6 heteroatoms. The van der Waals surface area contributed by atoms with Crippen LogP contribution in [0.25, 0.3) is 31.8 Å². The molecule has 1 N–H and O–H groups in total. The molecule has 0 aliphatic carbocycles. The maximum Gasteiger partial charge on any atom is 0.155 e. The van der Waals surface area contributed by atoms with E-state index in [-0.39, 0.29) is 42.9 Å². The Morgan fingerprint density at radius 2 is 1.74 bits per heavy atom. The molecule has 2 aromatic carbocycles. The first-order chi connectivity index (χ1) is 15.9. The molecule has 35 heavy (non-hydrogen) atoms. The summed E-state index contributed by atoms with van der Waals surface area (Å²) < 4.78 is 14.4. The fourth-order valence-corrected chi connectivity index (χ4v) is 4.49. The average Bonchev–Trinajstić information content (AvgIpc) is 3.16. The van der Waals surface area contributed by atoms with Gasteiger partial charge in [-0.2, -0.15) is 0 Å². The van der Waals surface area contributed by atoms with Crippen molar-refractivity contribution in [2.24, 2.45) is 0 Å². The van der Waals surface area contributed by atoms with Gasteiger partial charge in [0.1, 0.15) is 5.82 Å². The molecule has 4 aromatic rings. The smallest absolute Gasteiger partial charge is 0.155 e. The van der Waals surface area contributed by atoms with Gasteiger partial charge in [-0.05, 0) is 48.7 Å². The predicted octanol–water partition coefficient (Wildman–Crippen LogP) is 8.21. The predicted molar refractivity (Wildman–Crippen MR) is 140 cm³/mol. The molecule has 2 heterocycles. The van der Waals surface area contributed by atoms with E-state index in [1.54, 1.807) is 11.3 Å². The Labute approximate surface area is 224 Å². The third-order valence-corrected chi connectivity index (χ3v) is 6.24. The van der Waals surface area contributed by atoms with Gasteiger partial charge in [0.2, 0.25) is 0 Å². The number of pyridine rings is 1. The maximum atomic E-state index is 13.2. The van der Waals surface area contributed by atoms with E-state index in [0.717, 1.165) is 32.6 Å². The van der Waals surface area contributed by atoms with Crippen LogP contribution < -0.4 is 0 Å². The molecule has 4 rings (SSSR count). The van der Waals surface area contributed by atoms with Crippen LogP contribution in [-0.4, -0.2) is 15.9 Å². The van der Waals surface area contributed by atoms with Gasteiger partial charge < -0.3 is 10.1 Å². The minimum Gasteiger partial charge on any atom is -0.512 e. The molecule has 0 saturated heterocycles. The van der Waals surface area contributed by atoms with Gasteiger partial charge >= 0.3 is 0 Å². The number of hydrogen-bond donors (Lipinski definition) is 1. The Balaban J connectivity index is 0.000000476. The van der Waals surface area contributed by atoms with Crippen LogP contribution in [0.3, 0.4) is 0 Å². The van der Waals surface area contributed by atoms with E-state index in [0.29, 0.717) is 0 Å². The number of carbonyl (C=O) groups excluding carboxylic acids is 1. The molecular weight excluding hydrogens is 638 g/mol. The van der Waals surface area contributed by atoms with Gasteiger partial charge in [-0.15, -0.1) is 46.2 Å². The number of rotatable bonds is 3. The summed E-state index contributed by atoms with van der Waals surface area (Å²) in [5, 5.41) is 9.47. The molecule has 0 bridgehead atoms. The van der Waals surface area contributed by atoms with E-state index >= 15 is 0 Å². The molecule has 185 valence electrons. The van der Waals surface area contributed by atoms with E-state index in [9.17, 15) is 9.18 Å². The van der Waals surface area contributed by atoms with E-state index in [4.69, 9.17) is 5.11 Å². The number of aliphatic hydroxyl groups is 1. The van der Waals surface area contributed by atoms with Crippen LogP contribution >= 0.6 is 11.3 Å². The van der Waals surface area contributed by atoms with E-state index in [2.05, 4.69) is 63.0 Å². The zero-order valence-corrected chi connectivity index (χ0v) is 23.9. The molecular formula is C29H29FIrNO2S-. The molecule has 1 radical (unpaired) electrons. The average molecular weight is 667 g/mol. The van der Waals surface area contributed by atoms with Crippen molar-refractivity contribution in [3.63, 3.8) is 0 Å². The van der Waals surface area contributed by atoms with Crippen molar-refractivity contribution in [3.05, 3.63) is 89.6 Å². The van der Waals surface area contributed by atoms with Gasteiger partial charge in [0, 0.05) is 47.3 Å². The number of ketones is 1. The number of aliphatic hydroxyl groups excluding tert-OH is 1. The number of hydrogen-bond acceptors (Lipinski definition) is 4. The summed E-state index contributed by atoms with van der Waals surface area (Å²) in [4.78, 5) is 15.8. The van der Waals surface area contributed by atoms with Crippen LogP contribution in [-0.2, 0) is 30.3 Å². The number of fused-ring (bicyclic) bond motifs is 1. The van der Waals surface area contributed by atoms with Crippen molar-refractivity contribution in [1.29, 1.82) is 0 Å². The summed E-state index contributed by atoms with van der Waals surface area (Å²) in [7, 11) is 0. The molecule has 0 amide bonds. The fourth-order valence-electron chi connectivity index (χ4n) is 3.42. The first-order valence-corrected chi connectivity index (χ1v) is 11.8. The topological polar surface area (TPSA) is 50.2 Å². The Morgan fingerprint density at radius 3 is 2.29 bits per heavy atom. The number of allylic oxidation sites excluding steroid dienone is 2. The molecule has 3 nitrogen and oxygen atoms in total. The molecule has 0 fully saturated rings. The Hall–Kier alpha value is -2.66. The van der Waals surface area contributed by atoms with Crippen molar-refractivity contribution in [3.8, 4) is 21.7 Å². The van der Waals surface area contributed by atoms with Crippen LogP contribution in [0.5, 0.6) is 0 Å². The van der Waals surface area contributed by atoms with Gasteiger partial charge in [-0.3, -0.25) is 4.79 Å². The minimum absolute atomic E-state index is 0. The Bertz CT molecular complexity index is 1350. The summed E-state index contributed by atoms with van der Waals surface area (Å²) >= 11 is 1.70. The molecule has 0 atom stereocenters. The van der Waals surface area contributed by atoms with Crippen LogP contribution in [0.4, 0.5) is 4.39 Å². The molecule has 0 aliphatic rings. The number of thiophene rings is 1. The van der Waals surface area contributed by atoms with Crippen molar-refractivity contribution in [2.45, 2.75) is 47.0 Å². The minimum atomic E-state index is -0.214. The van der Waals surface area contributed by atoms with E-state index in [1.165, 1.54) is 42.3 Å². The Morgan fingerprint density at radius 1 is 1.09 bits per heavy atom. The number of carbonyl (C=O) groups is 1. The zero-order chi connectivity index (χ0) is 25.0.